The first-order chi connectivity index (χ1) is 23.3. The highest BCUT2D eigenvalue weighted by molar-refractivity contribution is 5.92. The highest BCUT2D eigenvalue weighted by Crippen LogP contribution is 2.20. The van der Waals surface area contributed by atoms with Crippen molar-refractivity contribution in [2.24, 2.45) is 5.73 Å². The number of aromatic carboxylic acids is 1. The van der Waals surface area contributed by atoms with Gasteiger partial charge in [-0.1, -0.05) is 48.5 Å². The summed E-state index contributed by atoms with van der Waals surface area (Å²) in [6, 6.07) is 32.5. The molecule has 0 unspecified atom stereocenters. The molecule has 2 heterocycles. The van der Waals surface area contributed by atoms with Crippen molar-refractivity contribution in [1.82, 2.24) is 19.9 Å². The van der Waals surface area contributed by atoms with Crippen molar-refractivity contribution in [3.05, 3.63) is 167 Å². The number of nitrogens with zero attached hydrogens (tertiary/aromatic N) is 6. The van der Waals surface area contributed by atoms with Crippen LogP contribution in [-0.2, 0) is 12.8 Å². The van der Waals surface area contributed by atoms with Crippen LogP contribution in [0.5, 0.6) is 0 Å². The molecule has 0 fully saturated rings. The van der Waals surface area contributed by atoms with E-state index in [-0.39, 0.29) is 5.56 Å². The Morgan fingerprint density at radius 2 is 0.979 bits per heavy atom. The van der Waals surface area contributed by atoms with Crippen molar-refractivity contribution in [2.45, 2.75) is 12.8 Å². The number of carboxylic acids is 1. The summed E-state index contributed by atoms with van der Waals surface area (Å²) in [6.45, 7) is 0. The number of aromatic nitrogens is 4. The van der Waals surface area contributed by atoms with E-state index in [4.69, 9.17) is 21.4 Å². The molecule has 0 atom stereocenters. The van der Waals surface area contributed by atoms with E-state index in [2.05, 4.69) is 32.1 Å². The minimum Gasteiger partial charge on any atom is -0.478 e. The lowest BCUT2D eigenvalue weighted by molar-refractivity contribution is 0.0696. The van der Waals surface area contributed by atoms with Gasteiger partial charge in [-0.2, -0.15) is 10.5 Å². The molecule has 10 nitrogen and oxygen atoms in total. The standard InChI is InChI=1S/C19H14N4O.C19H13N3O2/c20-10-13-4-6-15(7-5-13)17-11-22-18(23-12-17)9-14-2-1-3-16(8-14)19(21)24;20-10-13-4-6-15(7-5-13)17-11-21-18(22-12-17)9-14-2-1-3-16(8-14)19(23)24/h1-8,11-12H,9H2,(H2,21,24);1-8,11-12H,9H2,(H,23,24). The Morgan fingerprint density at radius 3 is 1.35 bits per heavy atom. The SMILES string of the molecule is N#Cc1ccc(-c2cnc(Cc3cccc(C(=O)O)c3)nc2)cc1.N#Cc1ccc(-c2cnc(Cc3cccc(C(N)=O)c3)nc2)cc1. The van der Waals surface area contributed by atoms with Crippen molar-refractivity contribution in [2.75, 3.05) is 0 Å². The predicted molar refractivity (Wildman–Crippen MR) is 178 cm³/mol. The summed E-state index contributed by atoms with van der Waals surface area (Å²) in [5.74, 6) is -0.119. The molecular weight excluding hydrogens is 602 g/mol. The molecule has 6 rings (SSSR count). The second-order valence-electron chi connectivity index (χ2n) is 10.6. The van der Waals surface area contributed by atoms with Gasteiger partial charge in [0.05, 0.1) is 28.8 Å². The number of rotatable bonds is 8. The Morgan fingerprint density at radius 1 is 0.583 bits per heavy atom. The van der Waals surface area contributed by atoms with E-state index in [1.807, 2.05) is 36.4 Å². The third-order valence-corrected chi connectivity index (χ3v) is 7.22. The quantitative estimate of drug-likeness (QED) is 0.204. The molecule has 4 aromatic carbocycles. The summed E-state index contributed by atoms with van der Waals surface area (Å²) >= 11 is 0. The van der Waals surface area contributed by atoms with Crippen molar-refractivity contribution in [3.63, 3.8) is 0 Å². The summed E-state index contributed by atoms with van der Waals surface area (Å²) in [5, 5.41) is 26.7. The molecule has 10 heteroatoms. The lowest BCUT2D eigenvalue weighted by Crippen LogP contribution is -2.11. The molecule has 0 aliphatic heterocycles. The molecule has 0 spiro atoms. The Hall–Kier alpha value is -7.04. The van der Waals surface area contributed by atoms with Crippen molar-refractivity contribution >= 4 is 11.9 Å². The zero-order chi connectivity index (χ0) is 33.9. The van der Waals surface area contributed by atoms with E-state index in [9.17, 15) is 9.59 Å². The van der Waals surface area contributed by atoms with Gasteiger partial charge >= 0.3 is 5.97 Å². The number of benzene rings is 4. The van der Waals surface area contributed by atoms with E-state index in [1.165, 1.54) is 0 Å². The molecule has 0 saturated heterocycles. The largest absolute Gasteiger partial charge is 0.478 e. The Kier molecular flexibility index (Phi) is 10.3. The maximum Gasteiger partial charge on any atom is 0.335 e. The average Bonchev–Trinajstić information content (AvgIpc) is 3.13. The van der Waals surface area contributed by atoms with Gasteiger partial charge < -0.3 is 10.8 Å². The molecule has 0 aliphatic carbocycles. The Labute approximate surface area is 276 Å². The van der Waals surface area contributed by atoms with Gasteiger partial charge in [0.2, 0.25) is 5.91 Å². The van der Waals surface area contributed by atoms with Crippen LogP contribution in [0.3, 0.4) is 0 Å². The molecule has 232 valence electrons. The third-order valence-electron chi connectivity index (χ3n) is 7.22. The third kappa shape index (κ3) is 8.57. The number of primary amides is 1. The summed E-state index contributed by atoms with van der Waals surface area (Å²) in [4.78, 5) is 39.7. The molecule has 3 N–H and O–H groups in total. The molecular formula is C38H27N7O3. The maximum atomic E-state index is 11.2. The minimum atomic E-state index is -0.950. The van der Waals surface area contributed by atoms with Gasteiger partial charge in [-0.25, -0.2) is 24.7 Å². The van der Waals surface area contributed by atoms with Gasteiger partial charge in [0.1, 0.15) is 11.6 Å². The fraction of sp³-hybridized carbons (Fsp3) is 0.0526. The smallest absolute Gasteiger partial charge is 0.335 e. The van der Waals surface area contributed by atoms with Crippen LogP contribution in [0.15, 0.2) is 122 Å². The second kappa shape index (κ2) is 15.3. The molecule has 0 saturated carbocycles. The van der Waals surface area contributed by atoms with E-state index in [0.29, 0.717) is 41.2 Å². The molecule has 2 aromatic heterocycles. The number of hydrogen-bond donors (Lipinski definition) is 2. The van der Waals surface area contributed by atoms with Gasteiger partial charge in [-0.15, -0.1) is 0 Å². The number of hydrogen-bond acceptors (Lipinski definition) is 8. The topological polar surface area (TPSA) is 180 Å². The van der Waals surface area contributed by atoms with Gasteiger partial charge in [0, 0.05) is 54.3 Å². The van der Waals surface area contributed by atoms with Gasteiger partial charge in [-0.05, 0) is 70.8 Å². The van der Waals surface area contributed by atoms with E-state index >= 15 is 0 Å². The lowest BCUT2D eigenvalue weighted by Gasteiger charge is -2.05. The van der Waals surface area contributed by atoms with Crippen molar-refractivity contribution < 1.29 is 14.7 Å². The van der Waals surface area contributed by atoms with Crippen molar-refractivity contribution in [3.8, 4) is 34.4 Å². The first-order valence-electron chi connectivity index (χ1n) is 14.6. The average molecular weight is 630 g/mol. The zero-order valence-corrected chi connectivity index (χ0v) is 25.5. The highest BCUT2D eigenvalue weighted by Gasteiger charge is 2.07. The Balaban J connectivity index is 0.000000188. The highest BCUT2D eigenvalue weighted by atomic mass is 16.4. The number of carbonyl (C=O) groups is 2. The molecule has 0 radical (unpaired) electrons. The van der Waals surface area contributed by atoms with Crippen LogP contribution in [0, 0.1) is 22.7 Å². The van der Waals surface area contributed by atoms with Gasteiger partial charge in [0.25, 0.3) is 0 Å². The fourth-order valence-electron chi connectivity index (χ4n) is 4.68. The first kappa shape index (κ1) is 32.4. The molecule has 1 amide bonds. The normalized spacial score (nSPS) is 10.1. The number of amides is 1. The monoisotopic (exact) mass is 629 g/mol. The van der Waals surface area contributed by atoms with Crippen LogP contribution in [0.25, 0.3) is 22.3 Å². The van der Waals surface area contributed by atoms with Crippen LogP contribution in [0.4, 0.5) is 0 Å². The van der Waals surface area contributed by atoms with Crippen LogP contribution < -0.4 is 5.73 Å². The first-order valence-corrected chi connectivity index (χ1v) is 14.6. The van der Waals surface area contributed by atoms with Crippen LogP contribution in [0.1, 0.15) is 54.6 Å². The summed E-state index contributed by atoms with van der Waals surface area (Å²) in [6.07, 6.45) is 7.95. The summed E-state index contributed by atoms with van der Waals surface area (Å²) < 4.78 is 0. The number of nitrogens with two attached hydrogens (primary N) is 1. The number of carboxylic acid groups (broad SMARTS) is 1. The molecule has 0 bridgehead atoms. The lowest BCUT2D eigenvalue weighted by atomic mass is 10.1. The molecule has 48 heavy (non-hydrogen) atoms. The van der Waals surface area contributed by atoms with Gasteiger partial charge in [0.15, 0.2) is 0 Å². The van der Waals surface area contributed by atoms with E-state index < -0.39 is 11.9 Å². The van der Waals surface area contributed by atoms with Gasteiger partial charge in [-0.3, -0.25) is 4.79 Å². The van der Waals surface area contributed by atoms with Crippen LogP contribution >= 0.6 is 0 Å². The summed E-state index contributed by atoms with van der Waals surface area (Å²) in [5.41, 5.74) is 12.7. The second-order valence-corrected chi connectivity index (χ2v) is 10.6. The zero-order valence-electron chi connectivity index (χ0n) is 25.5. The summed E-state index contributed by atoms with van der Waals surface area (Å²) in [7, 11) is 0. The van der Waals surface area contributed by atoms with Crippen LogP contribution in [0.2, 0.25) is 0 Å². The van der Waals surface area contributed by atoms with E-state index in [0.717, 1.165) is 33.4 Å². The van der Waals surface area contributed by atoms with Crippen LogP contribution in [-0.4, -0.2) is 36.9 Å². The van der Waals surface area contributed by atoms with E-state index in [1.54, 1.807) is 85.5 Å². The predicted octanol–water partition coefficient (Wildman–Crippen LogP) is 6.01. The molecule has 6 aromatic rings. The molecule has 0 aliphatic rings. The number of carbonyl (C=O) groups excluding carboxylic acids is 1. The fourth-order valence-corrected chi connectivity index (χ4v) is 4.68. The number of nitriles is 2. The minimum absolute atomic E-state index is 0.252. The van der Waals surface area contributed by atoms with Crippen molar-refractivity contribution in [1.29, 1.82) is 10.5 Å². The Bertz CT molecular complexity index is 1980. The maximum absolute atomic E-state index is 11.2.